The second-order valence-corrected chi connectivity index (χ2v) is 9.89. The van der Waals surface area contributed by atoms with Gasteiger partial charge in [-0.3, -0.25) is 0 Å². The Hall–Kier alpha value is -3.23. The average Bonchev–Trinajstić information content (AvgIpc) is 3.28. The van der Waals surface area contributed by atoms with E-state index >= 15 is 0 Å². The quantitative estimate of drug-likeness (QED) is 0.239. The van der Waals surface area contributed by atoms with Gasteiger partial charge in [-0.25, -0.2) is 9.18 Å². The second kappa shape index (κ2) is 10.6. The Morgan fingerprint density at radius 2 is 1.55 bits per heavy atom. The van der Waals surface area contributed by atoms with Gasteiger partial charge in [0.05, 0.1) is 10.9 Å². The molecule has 0 N–H and O–H groups in total. The maximum atomic E-state index is 15.0. The molecule has 0 aliphatic heterocycles. The van der Waals surface area contributed by atoms with E-state index < -0.39 is 28.3 Å². The van der Waals surface area contributed by atoms with Crippen LogP contribution in [-0.2, 0) is 20.4 Å². The van der Waals surface area contributed by atoms with Crippen molar-refractivity contribution in [2.45, 2.75) is 52.9 Å². The fraction of sp³-hybridized carbons (Fsp3) is 0.250. The molecule has 0 saturated heterocycles. The number of hydrogen-bond acceptors (Lipinski definition) is 3. The number of benzene rings is 3. The van der Waals surface area contributed by atoms with Crippen LogP contribution in [0.4, 0.5) is 4.39 Å². The summed E-state index contributed by atoms with van der Waals surface area (Å²) in [6, 6.07) is 25.0. The fourth-order valence-electron chi connectivity index (χ4n) is 4.06. The third-order valence-electron chi connectivity index (χ3n) is 5.52. The number of ether oxygens (including phenoxy) is 2. The summed E-state index contributed by atoms with van der Waals surface area (Å²) in [5, 5.41) is 0. The molecule has 4 rings (SSSR count). The highest BCUT2D eigenvalue weighted by Crippen LogP contribution is 2.34. The first-order valence-corrected chi connectivity index (χ1v) is 12.3. The summed E-state index contributed by atoms with van der Waals surface area (Å²) in [6.45, 7) is 1.38. The Kier molecular flexibility index (Phi) is 7.36. The lowest BCUT2D eigenvalue weighted by molar-refractivity contribution is -0.156. The van der Waals surface area contributed by atoms with E-state index in [0.717, 1.165) is 40.4 Å². The number of carbonyl (C=O) groups excluding carboxylic acids is 1. The van der Waals surface area contributed by atoms with E-state index in [4.69, 9.17) is 9.47 Å². The molecule has 0 radical (unpaired) electrons. The first-order chi connectivity index (χ1) is 16.1. The molecule has 0 atom stereocenters. The average molecular weight is 462 g/mol. The third kappa shape index (κ3) is 5.58. The van der Waals surface area contributed by atoms with Crippen LogP contribution < -0.4 is 4.74 Å². The highest BCUT2D eigenvalue weighted by Gasteiger charge is 2.36. The zero-order chi connectivity index (χ0) is 23.1. The highest BCUT2D eigenvalue weighted by molar-refractivity contribution is 7.97. The summed E-state index contributed by atoms with van der Waals surface area (Å²) in [4.78, 5) is 15.4. The molecule has 5 heteroatoms. The minimum Gasteiger partial charge on any atom is -0.479 e. The number of rotatable bonds is 7. The van der Waals surface area contributed by atoms with Crippen LogP contribution in [0.15, 0.2) is 93.5 Å². The van der Waals surface area contributed by atoms with Gasteiger partial charge >= 0.3 is 5.97 Å². The van der Waals surface area contributed by atoms with Crippen molar-refractivity contribution in [3.63, 3.8) is 0 Å². The van der Waals surface area contributed by atoms with Gasteiger partial charge in [-0.15, -0.1) is 5.92 Å². The van der Waals surface area contributed by atoms with Crippen LogP contribution in [0.5, 0.6) is 5.75 Å². The molecule has 0 heterocycles. The molecular formula is C28H26FO3S+. The molecule has 0 spiro atoms. The van der Waals surface area contributed by atoms with Crippen LogP contribution in [0.3, 0.4) is 0 Å². The van der Waals surface area contributed by atoms with Gasteiger partial charge in [-0.05, 0) is 69.0 Å². The molecule has 0 amide bonds. The second-order valence-electron chi connectivity index (χ2n) is 7.86. The third-order valence-corrected chi connectivity index (χ3v) is 7.73. The standard InChI is InChI=1S/C28H26FO3S/c1-2-17-28(18-9-10-19-28)32-27(30)21-31-26-16-15-24(20-25(26)29)33(22-11-5-3-6-12-22)23-13-7-4-8-14-23/h3-8,11-16,20H,9-10,18-19,21H2,1H3/q+1. The van der Waals surface area contributed by atoms with E-state index in [2.05, 4.69) is 11.8 Å². The van der Waals surface area contributed by atoms with Crippen molar-refractivity contribution in [3.8, 4) is 17.6 Å². The molecule has 1 fully saturated rings. The lowest BCUT2D eigenvalue weighted by Crippen LogP contribution is -2.32. The molecule has 1 aliphatic rings. The minimum atomic E-state index is -0.725. The highest BCUT2D eigenvalue weighted by atomic mass is 32.2. The van der Waals surface area contributed by atoms with Crippen LogP contribution in [0.2, 0.25) is 0 Å². The van der Waals surface area contributed by atoms with Gasteiger partial charge in [0.25, 0.3) is 0 Å². The number of hydrogen-bond donors (Lipinski definition) is 0. The van der Waals surface area contributed by atoms with Crippen molar-refractivity contribution >= 4 is 16.9 Å². The van der Waals surface area contributed by atoms with Gasteiger partial charge in [0.2, 0.25) is 0 Å². The fourth-order valence-corrected chi connectivity index (χ4v) is 6.16. The predicted octanol–water partition coefficient (Wildman–Crippen LogP) is 6.18. The summed E-state index contributed by atoms with van der Waals surface area (Å²) in [7, 11) is -0.460. The molecule has 0 aromatic heterocycles. The zero-order valence-corrected chi connectivity index (χ0v) is 19.4. The Morgan fingerprint density at radius 1 is 0.939 bits per heavy atom. The molecule has 3 aromatic rings. The van der Waals surface area contributed by atoms with Gasteiger partial charge in [0.15, 0.2) is 38.5 Å². The largest absolute Gasteiger partial charge is 0.479 e. The number of halogens is 1. The van der Waals surface area contributed by atoms with E-state index in [9.17, 15) is 9.18 Å². The van der Waals surface area contributed by atoms with Crippen LogP contribution in [-0.4, -0.2) is 18.2 Å². The first kappa shape index (κ1) is 22.9. The van der Waals surface area contributed by atoms with Crippen molar-refractivity contribution in [1.82, 2.24) is 0 Å². The Bertz CT molecular complexity index is 1110. The minimum absolute atomic E-state index is 0.0300. The van der Waals surface area contributed by atoms with Gasteiger partial charge in [-0.2, -0.15) is 0 Å². The summed E-state index contributed by atoms with van der Waals surface area (Å²) in [5.74, 6) is 4.88. The monoisotopic (exact) mass is 461 g/mol. The Balaban J connectivity index is 1.50. The lowest BCUT2D eigenvalue weighted by atomic mass is 10.0. The van der Waals surface area contributed by atoms with Gasteiger partial charge in [-0.1, -0.05) is 42.3 Å². The van der Waals surface area contributed by atoms with E-state index in [1.165, 1.54) is 6.07 Å². The summed E-state index contributed by atoms with van der Waals surface area (Å²) >= 11 is 0. The SMILES string of the molecule is CC#CC1(OC(=O)COc2ccc([S+](c3ccccc3)c3ccccc3)cc2F)CCCC1. The normalized spacial score (nSPS) is 14.4. The van der Waals surface area contributed by atoms with Crippen LogP contribution in [0.1, 0.15) is 32.6 Å². The summed E-state index contributed by atoms with van der Waals surface area (Å²) in [5.41, 5.74) is -0.725. The molecule has 3 nitrogen and oxygen atoms in total. The van der Waals surface area contributed by atoms with Gasteiger partial charge in [0.1, 0.15) is 0 Å². The van der Waals surface area contributed by atoms with Crippen LogP contribution >= 0.6 is 0 Å². The maximum Gasteiger partial charge on any atom is 0.345 e. The van der Waals surface area contributed by atoms with E-state index in [0.29, 0.717) is 0 Å². The summed E-state index contributed by atoms with van der Waals surface area (Å²) in [6.07, 6.45) is 3.40. The molecule has 3 aromatic carbocycles. The number of carbonyl (C=O) groups is 1. The van der Waals surface area contributed by atoms with Crippen molar-refractivity contribution in [1.29, 1.82) is 0 Å². The summed E-state index contributed by atoms with van der Waals surface area (Å²) < 4.78 is 26.1. The molecule has 1 aliphatic carbocycles. The van der Waals surface area contributed by atoms with Crippen molar-refractivity contribution < 1.29 is 18.7 Å². The number of esters is 1. The van der Waals surface area contributed by atoms with E-state index in [1.807, 2.05) is 66.7 Å². The maximum absolute atomic E-state index is 15.0. The van der Waals surface area contributed by atoms with E-state index in [1.54, 1.807) is 13.0 Å². The van der Waals surface area contributed by atoms with Crippen LogP contribution in [0, 0.1) is 17.7 Å². The van der Waals surface area contributed by atoms with Crippen LogP contribution in [0.25, 0.3) is 0 Å². The molecule has 0 bridgehead atoms. The molecular weight excluding hydrogens is 435 g/mol. The van der Waals surface area contributed by atoms with Gasteiger partial charge in [0, 0.05) is 6.07 Å². The predicted molar refractivity (Wildman–Crippen MR) is 128 cm³/mol. The zero-order valence-electron chi connectivity index (χ0n) is 18.6. The molecule has 33 heavy (non-hydrogen) atoms. The smallest absolute Gasteiger partial charge is 0.345 e. The Labute approximate surface area is 197 Å². The topological polar surface area (TPSA) is 35.5 Å². The van der Waals surface area contributed by atoms with Crippen molar-refractivity contribution in [2.75, 3.05) is 6.61 Å². The molecule has 0 unspecified atom stereocenters. The Morgan fingerprint density at radius 3 is 2.09 bits per heavy atom. The first-order valence-electron chi connectivity index (χ1n) is 11.0. The molecule has 1 saturated carbocycles. The van der Waals surface area contributed by atoms with E-state index in [-0.39, 0.29) is 12.4 Å². The van der Waals surface area contributed by atoms with Crippen molar-refractivity contribution in [2.24, 2.45) is 0 Å². The van der Waals surface area contributed by atoms with Crippen molar-refractivity contribution in [3.05, 3.63) is 84.7 Å². The molecule has 168 valence electrons. The lowest BCUT2D eigenvalue weighted by Gasteiger charge is -2.23. The van der Waals surface area contributed by atoms with Gasteiger partial charge < -0.3 is 9.47 Å².